The standard InChI is InChI=1S/C10H10IN3O2/c1-15-5-9-13-10(16-14-9)7-4-6(11)2-3-8(7)12/h2-4H,5,12H2,1H3. The second kappa shape index (κ2) is 4.79. The van der Waals surface area contributed by atoms with Crippen molar-refractivity contribution in [2.24, 2.45) is 0 Å². The van der Waals surface area contributed by atoms with E-state index in [1.54, 1.807) is 7.11 Å². The monoisotopic (exact) mass is 331 g/mol. The normalized spacial score (nSPS) is 10.6. The van der Waals surface area contributed by atoms with Gasteiger partial charge in [0.1, 0.15) is 6.61 Å². The minimum absolute atomic E-state index is 0.327. The molecule has 0 aliphatic carbocycles. The number of anilines is 1. The van der Waals surface area contributed by atoms with E-state index in [0.717, 1.165) is 9.13 Å². The largest absolute Gasteiger partial charge is 0.398 e. The molecule has 2 rings (SSSR count). The van der Waals surface area contributed by atoms with E-state index in [-0.39, 0.29) is 0 Å². The van der Waals surface area contributed by atoms with Crippen molar-refractivity contribution in [3.63, 3.8) is 0 Å². The molecule has 0 aliphatic rings. The van der Waals surface area contributed by atoms with Crippen LogP contribution in [0.2, 0.25) is 0 Å². The van der Waals surface area contributed by atoms with Crippen LogP contribution in [0.5, 0.6) is 0 Å². The summed E-state index contributed by atoms with van der Waals surface area (Å²) < 4.78 is 11.1. The Morgan fingerprint density at radius 1 is 1.50 bits per heavy atom. The summed E-state index contributed by atoms with van der Waals surface area (Å²) in [6.07, 6.45) is 0. The molecular weight excluding hydrogens is 321 g/mol. The number of ether oxygens (including phenoxy) is 1. The zero-order chi connectivity index (χ0) is 11.5. The molecule has 0 aliphatic heterocycles. The molecule has 1 heterocycles. The summed E-state index contributed by atoms with van der Waals surface area (Å²) in [4.78, 5) is 4.19. The molecule has 0 atom stereocenters. The number of methoxy groups -OCH3 is 1. The average Bonchev–Trinajstić information content (AvgIpc) is 2.71. The van der Waals surface area contributed by atoms with Gasteiger partial charge in [-0.2, -0.15) is 4.98 Å². The van der Waals surface area contributed by atoms with Crippen LogP contribution in [0.3, 0.4) is 0 Å². The quantitative estimate of drug-likeness (QED) is 0.688. The predicted molar refractivity (Wildman–Crippen MR) is 67.6 cm³/mol. The van der Waals surface area contributed by atoms with Crippen molar-refractivity contribution in [1.29, 1.82) is 0 Å². The number of hydrogen-bond acceptors (Lipinski definition) is 5. The highest BCUT2D eigenvalue weighted by molar-refractivity contribution is 14.1. The van der Waals surface area contributed by atoms with Crippen molar-refractivity contribution < 1.29 is 9.26 Å². The van der Waals surface area contributed by atoms with Gasteiger partial charge in [0.05, 0.1) is 5.56 Å². The van der Waals surface area contributed by atoms with E-state index in [2.05, 4.69) is 32.7 Å². The summed E-state index contributed by atoms with van der Waals surface area (Å²) in [5, 5.41) is 3.78. The molecule has 5 nitrogen and oxygen atoms in total. The van der Waals surface area contributed by atoms with Crippen LogP contribution < -0.4 is 5.73 Å². The van der Waals surface area contributed by atoms with E-state index in [1.807, 2.05) is 18.2 Å². The minimum Gasteiger partial charge on any atom is -0.398 e. The number of halogens is 1. The van der Waals surface area contributed by atoms with Gasteiger partial charge in [0.2, 0.25) is 0 Å². The first-order valence-electron chi connectivity index (χ1n) is 4.57. The van der Waals surface area contributed by atoms with Crippen molar-refractivity contribution in [3.05, 3.63) is 27.6 Å². The Balaban J connectivity index is 2.38. The SMILES string of the molecule is COCc1noc(-c2cc(I)ccc2N)n1. The smallest absolute Gasteiger partial charge is 0.260 e. The lowest BCUT2D eigenvalue weighted by atomic mass is 10.2. The van der Waals surface area contributed by atoms with Crippen LogP contribution in [0, 0.1) is 3.57 Å². The van der Waals surface area contributed by atoms with Crippen molar-refractivity contribution in [2.45, 2.75) is 6.61 Å². The molecule has 2 aromatic rings. The van der Waals surface area contributed by atoms with Gasteiger partial charge in [-0.3, -0.25) is 0 Å². The Kier molecular flexibility index (Phi) is 3.39. The van der Waals surface area contributed by atoms with Crippen molar-refractivity contribution in [1.82, 2.24) is 10.1 Å². The summed E-state index contributed by atoms with van der Waals surface area (Å²) in [6, 6.07) is 5.64. The van der Waals surface area contributed by atoms with Crippen LogP contribution in [-0.4, -0.2) is 17.3 Å². The first kappa shape index (κ1) is 11.3. The van der Waals surface area contributed by atoms with Gasteiger partial charge in [0, 0.05) is 16.4 Å². The number of nitrogens with two attached hydrogens (primary N) is 1. The van der Waals surface area contributed by atoms with Crippen LogP contribution in [-0.2, 0) is 11.3 Å². The van der Waals surface area contributed by atoms with Gasteiger partial charge in [-0.05, 0) is 40.8 Å². The topological polar surface area (TPSA) is 74.2 Å². The van der Waals surface area contributed by atoms with E-state index in [4.69, 9.17) is 15.0 Å². The van der Waals surface area contributed by atoms with Crippen molar-refractivity contribution in [3.8, 4) is 11.5 Å². The van der Waals surface area contributed by atoms with Crippen LogP contribution >= 0.6 is 22.6 Å². The molecular formula is C10H10IN3O2. The average molecular weight is 331 g/mol. The molecule has 6 heteroatoms. The maximum atomic E-state index is 5.84. The third-order valence-corrected chi connectivity index (χ3v) is 2.66. The van der Waals surface area contributed by atoms with Crippen molar-refractivity contribution in [2.75, 3.05) is 12.8 Å². The minimum atomic E-state index is 0.327. The predicted octanol–water partition coefficient (Wildman–Crippen LogP) is 2.07. The molecule has 0 fully saturated rings. The number of rotatable bonds is 3. The maximum Gasteiger partial charge on any atom is 0.260 e. The zero-order valence-electron chi connectivity index (χ0n) is 8.61. The molecule has 2 N–H and O–H groups in total. The number of nitrogens with zero attached hydrogens (tertiary/aromatic N) is 2. The maximum absolute atomic E-state index is 5.84. The van der Waals surface area contributed by atoms with Gasteiger partial charge in [0.15, 0.2) is 5.82 Å². The highest BCUT2D eigenvalue weighted by atomic mass is 127. The fourth-order valence-electron chi connectivity index (χ4n) is 1.26. The lowest BCUT2D eigenvalue weighted by Crippen LogP contribution is -1.92. The van der Waals surface area contributed by atoms with Gasteiger partial charge in [-0.25, -0.2) is 0 Å². The Hall–Kier alpha value is -1.15. The summed E-state index contributed by atoms with van der Waals surface area (Å²) in [6.45, 7) is 0.327. The highest BCUT2D eigenvalue weighted by Crippen LogP contribution is 2.26. The summed E-state index contributed by atoms with van der Waals surface area (Å²) in [5.41, 5.74) is 7.21. The Labute approximate surface area is 106 Å². The summed E-state index contributed by atoms with van der Waals surface area (Å²) in [5.74, 6) is 0.929. The van der Waals surface area contributed by atoms with Crippen LogP contribution in [0.25, 0.3) is 11.5 Å². The van der Waals surface area contributed by atoms with Crippen molar-refractivity contribution >= 4 is 28.3 Å². The molecule has 1 aromatic heterocycles. The first-order valence-corrected chi connectivity index (χ1v) is 5.65. The second-order valence-electron chi connectivity index (χ2n) is 3.18. The molecule has 0 saturated carbocycles. The summed E-state index contributed by atoms with van der Waals surface area (Å²) >= 11 is 2.20. The van der Waals surface area contributed by atoms with Crippen LogP contribution in [0.1, 0.15) is 5.82 Å². The molecule has 0 saturated heterocycles. The lowest BCUT2D eigenvalue weighted by molar-refractivity contribution is 0.174. The fourth-order valence-corrected chi connectivity index (χ4v) is 1.76. The molecule has 0 amide bonds. The molecule has 0 radical (unpaired) electrons. The fraction of sp³-hybridized carbons (Fsp3) is 0.200. The summed E-state index contributed by atoms with van der Waals surface area (Å²) in [7, 11) is 1.58. The van der Waals surface area contributed by atoms with E-state index in [0.29, 0.717) is 24.0 Å². The van der Waals surface area contributed by atoms with E-state index >= 15 is 0 Å². The van der Waals surface area contributed by atoms with Gasteiger partial charge < -0.3 is 15.0 Å². The van der Waals surface area contributed by atoms with E-state index in [1.165, 1.54) is 0 Å². The van der Waals surface area contributed by atoms with Gasteiger partial charge >= 0.3 is 0 Å². The number of hydrogen-bond donors (Lipinski definition) is 1. The molecule has 1 aromatic carbocycles. The molecule has 0 unspecified atom stereocenters. The van der Waals surface area contributed by atoms with E-state index in [9.17, 15) is 0 Å². The molecule has 0 bridgehead atoms. The van der Waals surface area contributed by atoms with Crippen LogP contribution in [0.15, 0.2) is 22.7 Å². The Bertz CT molecular complexity index is 499. The first-order chi connectivity index (χ1) is 7.70. The third-order valence-electron chi connectivity index (χ3n) is 1.99. The zero-order valence-corrected chi connectivity index (χ0v) is 10.8. The molecule has 84 valence electrons. The molecule has 16 heavy (non-hydrogen) atoms. The Morgan fingerprint density at radius 2 is 2.31 bits per heavy atom. The van der Waals surface area contributed by atoms with Gasteiger partial charge in [-0.1, -0.05) is 5.16 Å². The van der Waals surface area contributed by atoms with Crippen LogP contribution in [0.4, 0.5) is 5.69 Å². The highest BCUT2D eigenvalue weighted by Gasteiger charge is 2.11. The van der Waals surface area contributed by atoms with E-state index < -0.39 is 0 Å². The number of aromatic nitrogens is 2. The lowest BCUT2D eigenvalue weighted by Gasteiger charge is -2.00. The third kappa shape index (κ3) is 2.33. The number of benzene rings is 1. The number of nitrogen functional groups attached to an aromatic ring is 1. The van der Waals surface area contributed by atoms with Gasteiger partial charge in [-0.15, -0.1) is 0 Å². The second-order valence-corrected chi connectivity index (χ2v) is 4.43. The van der Waals surface area contributed by atoms with Gasteiger partial charge in [0.25, 0.3) is 5.89 Å². The Morgan fingerprint density at radius 3 is 3.06 bits per heavy atom. The molecule has 0 spiro atoms.